The van der Waals surface area contributed by atoms with E-state index in [-0.39, 0.29) is 16.2 Å². The van der Waals surface area contributed by atoms with Crippen LogP contribution in [0.1, 0.15) is 32.1 Å². The Bertz CT molecular complexity index is 982. The minimum atomic E-state index is -3.78. The highest BCUT2D eigenvalue weighted by molar-refractivity contribution is 7.92. The number of rotatable bonds is 5. The van der Waals surface area contributed by atoms with Gasteiger partial charge >= 0.3 is 0 Å². The van der Waals surface area contributed by atoms with Crippen molar-refractivity contribution in [3.63, 3.8) is 0 Å². The standard InChI is InChI=1S/C20H21ClN2O3S/c21-15-3-1-5-17(11-15)23-27(25,26)18-6-2-4-16(12-18)22-19(24)20-9-7-14(13-20)8-10-20/h1-6,11-12,14,23H,7-10,13H2,(H,22,24). The number of nitrogens with one attached hydrogen (secondary N) is 2. The van der Waals surface area contributed by atoms with Crippen LogP contribution in [0.25, 0.3) is 0 Å². The lowest BCUT2D eigenvalue weighted by Crippen LogP contribution is -2.32. The van der Waals surface area contributed by atoms with Gasteiger partial charge in [0.15, 0.2) is 0 Å². The average Bonchev–Trinajstić information content (AvgIpc) is 3.24. The van der Waals surface area contributed by atoms with Crippen LogP contribution < -0.4 is 10.0 Å². The number of sulfonamides is 1. The molecular weight excluding hydrogens is 384 g/mol. The first-order valence-electron chi connectivity index (χ1n) is 9.06. The fourth-order valence-electron chi connectivity index (χ4n) is 4.28. The van der Waals surface area contributed by atoms with Gasteiger partial charge in [-0.3, -0.25) is 9.52 Å². The topological polar surface area (TPSA) is 75.3 Å². The van der Waals surface area contributed by atoms with Crippen LogP contribution >= 0.6 is 11.6 Å². The van der Waals surface area contributed by atoms with E-state index in [2.05, 4.69) is 10.0 Å². The summed E-state index contributed by atoms with van der Waals surface area (Å²) in [6, 6.07) is 12.9. The predicted molar refractivity (Wildman–Crippen MR) is 106 cm³/mol. The van der Waals surface area contributed by atoms with Crippen molar-refractivity contribution in [3.8, 4) is 0 Å². The van der Waals surface area contributed by atoms with Crippen molar-refractivity contribution in [2.75, 3.05) is 10.0 Å². The second-order valence-corrected chi connectivity index (χ2v) is 9.64. The third-order valence-electron chi connectivity index (χ3n) is 5.70. The Labute approximate surface area is 164 Å². The number of fused-ring (bicyclic) bond motifs is 2. The second kappa shape index (κ2) is 6.84. The molecule has 142 valence electrons. The first-order chi connectivity index (χ1) is 12.9. The quantitative estimate of drug-likeness (QED) is 0.760. The average molecular weight is 405 g/mol. The monoisotopic (exact) mass is 404 g/mol. The normalized spacial score (nSPS) is 24.0. The molecule has 0 aliphatic heterocycles. The third-order valence-corrected chi connectivity index (χ3v) is 7.32. The number of hydrogen-bond acceptors (Lipinski definition) is 3. The van der Waals surface area contributed by atoms with Gasteiger partial charge in [-0.2, -0.15) is 0 Å². The fourth-order valence-corrected chi connectivity index (χ4v) is 5.57. The highest BCUT2D eigenvalue weighted by atomic mass is 35.5. The zero-order valence-electron chi connectivity index (χ0n) is 14.7. The summed E-state index contributed by atoms with van der Waals surface area (Å²) in [6.45, 7) is 0. The van der Waals surface area contributed by atoms with Crippen molar-refractivity contribution in [1.29, 1.82) is 0 Å². The molecule has 0 unspecified atom stereocenters. The van der Waals surface area contributed by atoms with Gasteiger partial charge in [0.25, 0.3) is 10.0 Å². The van der Waals surface area contributed by atoms with E-state index in [1.54, 1.807) is 36.4 Å². The van der Waals surface area contributed by atoms with E-state index in [0.29, 0.717) is 22.3 Å². The molecular formula is C20H21ClN2O3S. The molecule has 0 heterocycles. The Kier molecular flexibility index (Phi) is 4.64. The van der Waals surface area contributed by atoms with Gasteiger partial charge in [0.05, 0.1) is 10.6 Å². The van der Waals surface area contributed by atoms with E-state index in [1.165, 1.54) is 12.1 Å². The zero-order chi connectivity index (χ0) is 19.1. The molecule has 0 aromatic heterocycles. The number of carbonyl (C=O) groups excluding carboxylic acids is 1. The number of amides is 1. The van der Waals surface area contributed by atoms with Gasteiger partial charge in [0.2, 0.25) is 5.91 Å². The first kappa shape index (κ1) is 18.3. The van der Waals surface area contributed by atoms with Crippen molar-refractivity contribution < 1.29 is 13.2 Å². The maximum atomic E-state index is 12.8. The maximum absolute atomic E-state index is 12.8. The molecule has 2 aromatic rings. The van der Waals surface area contributed by atoms with Crippen LogP contribution in [0.2, 0.25) is 5.02 Å². The van der Waals surface area contributed by atoms with Crippen LogP contribution in [0.15, 0.2) is 53.4 Å². The lowest BCUT2D eigenvalue weighted by molar-refractivity contribution is -0.125. The van der Waals surface area contributed by atoms with E-state index < -0.39 is 10.0 Å². The van der Waals surface area contributed by atoms with Crippen molar-refractivity contribution in [1.82, 2.24) is 0 Å². The Morgan fingerprint density at radius 2 is 1.74 bits per heavy atom. The summed E-state index contributed by atoms with van der Waals surface area (Å²) in [5.41, 5.74) is 0.621. The Balaban J connectivity index is 1.52. The molecule has 2 aliphatic carbocycles. The number of hydrogen-bond donors (Lipinski definition) is 2. The molecule has 4 rings (SSSR count). The summed E-state index contributed by atoms with van der Waals surface area (Å²) < 4.78 is 27.8. The largest absolute Gasteiger partial charge is 0.326 e. The third kappa shape index (κ3) is 3.69. The van der Waals surface area contributed by atoms with Crippen molar-refractivity contribution in [2.24, 2.45) is 11.3 Å². The molecule has 2 fully saturated rings. The second-order valence-electron chi connectivity index (χ2n) is 7.53. The first-order valence-corrected chi connectivity index (χ1v) is 10.9. The number of benzene rings is 2. The molecule has 2 aliphatic rings. The Morgan fingerprint density at radius 1 is 1.04 bits per heavy atom. The summed E-state index contributed by atoms with van der Waals surface area (Å²) in [6.07, 6.45) is 5.04. The summed E-state index contributed by atoms with van der Waals surface area (Å²) in [4.78, 5) is 12.9. The van der Waals surface area contributed by atoms with Gasteiger partial charge in [-0.05, 0) is 74.4 Å². The molecule has 1 amide bonds. The van der Waals surface area contributed by atoms with Crippen molar-refractivity contribution in [2.45, 2.75) is 37.0 Å². The number of carbonyl (C=O) groups is 1. The predicted octanol–water partition coefficient (Wildman–Crippen LogP) is 4.66. The van der Waals surface area contributed by atoms with Gasteiger partial charge < -0.3 is 5.32 Å². The van der Waals surface area contributed by atoms with E-state index in [9.17, 15) is 13.2 Å². The van der Waals surface area contributed by atoms with E-state index in [1.807, 2.05) is 0 Å². The number of halogens is 1. The molecule has 0 saturated heterocycles. The molecule has 2 aromatic carbocycles. The van der Waals surface area contributed by atoms with Gasteiger partial charge in [0.1, 0.15) is 0 Å². The molecule has 0 radical (unpaired) electrons. The summed E-state index contributed by atoms with van der Waals surface area (Å²) >= 11 is 5.91. The molecule has 5 nitrogen and oxygen atoms in total. The molecule has 27 heavy (non-hydrogen) atoms. The van der Waals surface area contributed by atoms with E-state index >= 15 is 0 Å². The summed E-state index contributed by atoms with van der Waals surface area (Å²) in [7, 11) is -3.78. The molecule has 0 atom stereocenters. The highest BCUT2D eigenvalue weighted by Crippen LogP contribution is 2.54. The van der Waals surface area contributed by atoms with Gasteiger partial charge in [-0.25, -0.2) is 8.42 Å². The minimum Gasteiger partial charge on any atom is -0.326 e. The van der Waals surface area contributed by atoms with E-state index in [4.69, 9.17) is 11.6 Å². The fraction of sp³-hybridized carbons (Fsp3) is 0.350. The van der Waals surface area contributed by atoms with Crippen LogP contribution in [0, 0.1) is 11.3 Å². The van der Waals surface area contributed by atoms with Crippen molar-refractivity contribution >= 4 is 38.9 Å². The maximum Gasteiger partial charge on any atom is 0.261 e. The SMILES string of the molecule is O=C(Nc1cccc(S(=O)(=O)Nc2cccc(Cl)c2)c1)C12CCC(CC1)C2. The van der Waals surface area contributed by atoms with Crippen LogP contribution in [0.3, 0.4) is 0 Å². The molecule has 2 N–H and O–H groups in total. The molecule has 0 spiro atoms. The summed E-state index contributed by atoms with van der Waals surface area (Å²) in [5.74, 6) is 0.684. The van der Waals surface area contributed by atoms with Crippen LogP contribution in [0.4, 0.5) is 11.4 Å². The Morgan fingerprint density at radius 3 is 2.41 bits per heavy atom. The number of anilines is 2. The van der Waals surface area contributed by atoms with Gasteiger partial charge in [-0.15, -0.1) is 0 Å². The molecule has 2 bridgehead atoms. The van der Waals surface area contributed by atoms with Crippen LogP contribution in [-0.4, -0.2) is 14.3 Å². The molecule has 2 saturated carbocycles. The Hall–Kier alpha value is -2.05. The van der Waals surface area contributed by atoms with Gasteiger partial charge in [0, 0.05) is 16.1 Å². The molecule has 7 heteroatoms. The van der Waals surface area contributed by atoms with E-state index in [0.717, 1.165) is 32.1 Å². The minimum absolute atomic E-state index is 0.0137. The lowest BCUT2D eigenvalue weighted by Gasteiger charge is -2.25. The highest BCUT2D eigenvalue weighted by Gasteiger charge is 2.49. The van der Waals surface area contributed by atoms with Gasteiger partial charge in [-0.1, -0.05) is 23.7 Å². The zero-order valence-corrected chi connectivity index (χ0v) is 16.3. The van der Waals surface area contributed by atoms with Crippen LogP contribution in [-0.2, 0) is 14.8 Å². The summed E-state index contributed by atoms with van der Waals surface area (Å²) in [5, 5.41) is 3.38. The smallest absolute Gasteiger partial charge is 0.261 e. The van der Waals surface area contributed by atoms with Crippen LogP contribution in [0.5, 0.6) is 0 Å². The lowest BCUT2D eigenvalue weighted by atomic mass is 9.83. The van der Waals surface area contributed by atoms with Crippen molar-refractivity contribution in [3.05, 3.63) is 53.6 Å².